The van der Waals surface area contributed by atoms with E-state index in [1.165, 1.54) is 0 Å². The van der Waals surface area contributed by atoms with Crippen molar-refractivity contribution in [1.82, 2.24) is 10.2 Å². The third-order valence-electron chi connectivity index (χ3n) is 2.69. The average molecular weight is 186 g/mol. The van der Waals surface area contributed by atoms with Gasteiger partial charge in [0.25, 0.3) is 0 Å². The zero-order chi connectivity index (χ0) is 9.69. The second-order valence-corrected chi connectivity index (χ2v) is 4.84. The van der Waals surface area contributed by atoms with E-state index in [2.05, 4.69) is 37.9 Å². The highest BCUT2D eigenvalue weighted by Crippen LogP contribution is 2.38. The fourth-order valence-electron chi connectivity index (χ4n) is 1.83. The molecule has 4 heteroatoms. The summed E-state index contributed by atoms with van der Waals surface area (Å²) in [6.45, 7) is 10.4. The van der Waals surface area contributed by atoms with Gasteiger partial charge in [-0.1, -0.05) is 0 Å². The Bertz CT molecular complexity index is 212. The van der Waals surface area contributed by atoms with Crippen molar-refractivity contribution in [2.45, 2.75) is 45.2 Å². The molecule has 0 aromatic rings. The van der Waals surface area contributed by atoms with E-state index in [4.69, 9.17) is 9.78 Å². The summed E-state index contributed by atoms with van der Waals surface area (Å²) in [6, 6.07) is 0.448. The molecule has 2 aliphatic heterocycles. The standard InChI is InChI=1S/C9H18N2O2/c1-7(2)11-6-8(3,4)10-5-9(11)12-13-9/h7,10H,5-6H2,1-4H3. The summed E-state index contributed by atoms with van der Waals surface area (Å²) in [5.41, 5.74) is 0.144. The summed E-state index contributed by atoms with van der Waals surface area (Å²) in [4.78, 5) is 12.4. The Balaban J connectivity index is 2.11. The minimum absolute atomic E-state index is 0.144. The van der Waals surface area contributed by atoms with Crippen LogP contribution in [0.2, 0.25) is 0 Å². The van der Waals surface area contributed by atoms with E-state index in [1.807, 2.05) is 0 Å². The first kappa shape index (κ1) is 9.40. The van der Waals surface area contributed by atoms with Crippen LogP contribution in [0.4, 0.5) is 0 Å². The first-order chi connectivity index (χ1) is 5.95. The molecule has 1 N–H and O–H groups in total. The lowest BCUT2D eigenvalue weighted by atomic mass is 10.00. The topological polar surface area (TPSA) is 40.3 Å². The molecule has 76 valence electrons. The van der Waals surface area contributed by atoms with E-state index in [0.717, 1.165) is 13.1 Å². The summed E-state index contributed by atoms with van der Waals surface area (Å²) in [6.07, 6.45) is 0. The molecule has 0 atom stereocenters. The van der Waals surface area contributed by atoms with E-state index in [0.29, 0.717) is 6.04 Å². The van der Waals surface area contributed by atoms with Crippen LogP contribution >= 0.6 is 0 Å². The number of rotatable bonds is 1. The van der Waals surface area contributed by atoms with Crippen LogP contribution in [0.15, 0.2) is 0 Å². The molecule has 1 spiro atoms. The SMILES string of the molecule is CC(C)N1CC(C)(C)NCC12OO2. The summed E-state index contributed by atoms with van der Waals surface area (Å²) in [7, 11) is 0. The highest BCUT2D eigenvalue weighted by atomic mass is 17.4. The molecule has 0 aromatic heterocycles. The van der Waals surface area contributed by atoms with Crippen LogP contribution in [-0.2, 0) is 9.78 Å². The van der Waals surface area contributed by atoms with Gasteiger partial charge < -0.3 is 5.32 Å². The second kappa shape index (κ2) is 2.67. The zero-order valence-electron chi connectivity index (χ0n) is 8.76. The van der Waals surface area contributed by atoms with Gasteiger partial charge >= 0.3 is 5.91 Å². The molecule has 2 fully saturated rings. The third kappa shape index (κ3) is 1.59. The normalized spacial score (nSPS) is 31.2. The minimum atomic E-state index is -0.455. The van der Waals surface area contributed by atoms with Gasteiger partial charge in [0.1, 0.15) is 0 Å². The molecule has 2 aliphatic rings. The van der Waals surface area contributed by atoms with Gasteiger partial charge in [-0.2, -0.15) is 9.78 Å². The van der Waals surface area contributed by atoms with E-state index in [9.17, 15) is 0 Å². The maximum absolute atomic E-state index is 5.07. The number of nitrogens with one attached hydrogen (secondary N) is 1. The average Bonchev–Trinajstić information content (AvgIpc) is 2.76. The lowest BCUT2D eigenvalue weighted by Crippen LogP contribution is -2.64. The quantitative estimate of drug-likeness (QED) is 0.483. The van der Waals surface area contributed by atoms with Gasteiger partial charge in [0.2, 0.25) is 0 Å². The van der Waals surface area contributed by atoms with Crippen LogP contribution in [0.25, 0.3) is 0 Å². The maximum atomic E-state index is 5.07. The number of hydrogen-bond donors (Lipinski definition) is 1. The van der Waals surface area contributed by atoms with Crippen molar-refractivity contribution >= 4 is 0 Å². The molecule has 13 heavy (non-hydrogen) atoms. The molecule has 4 nitrogen and oxygen atoms in total. The van der Waals surface area contributed by atoms with Crippen molar-refractivity contribution in [3.05, 3.63) is 0 Å². The fraction of sp³-hybridized carbons (Fsp3) is 1.00. The van der Waals surface area contributed by atoms with E-state index >= 15 is 0 Å². The second-order valence-electron chi connectivity index (χ2n) is 4.84. The highest BCUT2D eigenvalue weighted by Gasteiger charge is 2.59. The van der Waals surface area contributed by atoms with Gasteiger partial charge in [-0.15, -0.1) is 0 Å². The van der Waals surface area contributed by atoms with Crippen molar-refractivity contribution in [3.63, 3.8) is 0 Å². The minimum Gasteiger partial charge on any atom is -0.304 e. The third-order valence-corrected chi connectivity index (χ3v) is 2.69. The summed E-state index contributed by atoms with van der Waals surface area (Å²) >= 11 is 0. The Labute approximate surface area is 79.1 Å². The zero-order valence-corrected chi connectivity index (χ0v) is 8.76. The summed E-state index contributed by atoms with van der Waals surface area (Å²) in [5, 5.41) is 3.40. The van der Waals surface area contributed by atoms with Gasteiger partial charge in [0, 0.05) is 18.1 Å². The molecule has 2 rings (SSSR count). The molecule has 0 amide bonds. The first-order valence-electron chi connectivity index (χ1n) is 4.84. The molecule has 0 aromatic carbocycles. The van der Waals surface area contributed by atoms with Gasteiger partial charge in [-0.3, -0.25) is 0 Å². The van der Waals surface area contributed by atoms with Crippen molar-refractivity contribution in [3.8, 4) is 0 Å². The van der Waals surface area contributed by atoms with Crippen LogP contribution < -0.4 is 5.32 Å². The molecule has 0 bridgehead atoms. The number of piperazine rings is 1. The van der Waals surface area contributed by atoms with E-state index in [-0.39, 0.29) is 5.54 Å². The maximum Gasteiger partial charge on any atom is 0.302 e. The van der Waals surface area contributed by atoms with Gasteiger partial charge in [0.15, 0.2) is 0 Å². The predicted octanol–water partition coefficient (Wildman–Crippen LogP) is 0.694. The molecule has 2 heterocycles. The van der Waals surface area contributed by atoms with Crippen LogP contribution in [0, 0.1) is 0 Å². The molecular weight excluding hydrogens is 168 g/mol. The molecular formula is C9H18N2O2. The summed E-state index contributed by atoms with van der Waals surface area (Å²) in [5.74, 6) is -0.455. The Morgan fingerprint density at radius 3 is 2.38 bits per heavy atom. The van der Waals surface area contributed by atoms with Crippen molar-refractivity contribution in [2.75, 3.05) is 13.1 Å². The number of nitrogens with zero attached hydrogens (tertiary/aromatic N) is 1. The Morgan fingerprint density at radius 2 is 1.92 bits per heavy atom. The molecule has 0 radical (unpaired) electrons. The van der Waals surface area contributed by atoms with Gasteiger partial charge in [0.05, 0.1) is 6.54 Å². The molecule has 0 saturated carbocycles. The Hall–Kier alpha value is -0.160. The van der Waals surface area contributed by atoms with Crippen LogP contribution in [-0.4, -0.2) is 35.5 Å². The van der Waals surface area contributed by atoms with Crippen molar-refractivity contribution in [2.24, 2.45) is 0 Å². The van der Waals surface area contributed by atoms with Crippen molar-refractivity contribution < 1.29 is 9.78 Å². The van der Waals surface area contributed by atoms with Crippen LogP contribution in [0.5, 0.6) is 0 Å². The Kier molecular flexibility index (Phi) is 1.93. The van der Waals surface area contributed by atoms with Gasteiger partial charge in [-0.25, -0.2) is 4.90 Å². The smallest absolute Gasteiger partial charge is 0.302 e. The first-order valence-corrected chi connectivity index (χ1v) is 4.84. The summed E-state index contributed by atoms with van der Waals surface area (Å²) < 4.78 is 0. The predicted molar refractivity (Wildman–Crippen MR) is 48.8 cm³/mol. The van der Waals surface area contributed by atoms with E-state index in [1.54, 1.807) is 0 Å². The molecule has 2 saturated heterocycles. The molecule has 0 aliphatic carbocycles. The lowest BCUT2D eigenvalue weighted by molar-refractivity contribution is -0.0159. The van der Waals surface area contributed by atoms with Gasteiger partial charge in [-0.05, 0) is 27.7 Å². The van der Waals surface area contributed by atoms with Crippen LogP contribution in [0.1, 0.15) is 27.7 Å². The fourth-order valence-corrected chi connectivity index (χ4v) is 1.83. The molecule has 0 unspecified atom stereocenters. The highest BCUT2D eigenvalue weighted by molar-refractivity contribution is 4.96. The lowest BCUT2D eigenvalue weighted by Gasteiger charge is -2.42. The largest absolute Gasteiger partial charge is 0.304 e. The van der Waals surface area contributed by atoms with Crippen LogP contribution in [0.3, 0.4) is 0 Å². The van der Waals surface area contributed by atoms with E-state index < -0.39 is 5.91 Å². The Morgan fingerprint density at radius 1 is 1.31 bits per heavy atom. The van der Waals surface area contributed by atoms with Crippen molar-refractivity contribution in [1.29, 1.82) is 0 Å². The number of hydrogen-bond acceptors (Lipinski definition) is 4. The monoisotopic (exact) mass is 186 g/mol.